The molecule has 1 N–H and O–H groups in total. The molecule has 2 aliphatic heterocycles. The highest BCUT2D eigenvalue weighted by molar-refractivity contribution is 5.91. The summed E-state index contributed by atoms with van der Waals surface area (Å²) < 4.78 is 10.6. The van der Waals surface area contributed by atoms with Crippen molar-refractivity contribution in [2.75, 3.05) is 53.0 Å². The van der Waals surface area contributed by atoms with Crippen LogP contribution in [0, 0.1) is 5.92 Å². The zero-order valence-electron chi connectivity index (χ0n) is 13.5. The van der Waals surface area contributed by atoms with Crippen molar-refractivity contribution in [3.63, 3.8) is 0 Å². The quantitative estimate of drug-likeness (QED) is 0.654. The number of guanidine groups is 1. The summed E-state index contributed by atoms with van der Waals surface area (Å²) in [5.41, 5.74) is 0. The summed E-state index contributed by atoms with van der Waals surface area (Å²) >= 11 is 0. The van der Waals surface area contributed by atoms with Gasteiger partial charge in [-0.15, -0.1) is 0 Å². The molecule has 0 radical (unpaired) electrons. The number of piperazine rings is 1. The fourth-order valence-corrected chi connectivity index (χ4v) is 2.99. The van der Waals surface area contributed by atoms with Crippen LogP contribution in [-0.4, -0.2) is 74.7 Å². The van der Waals surface area contributed by atoms with E-state index >= 15 is 0 Å². The number of rotatable bonds is 3. The first-order chi connectivity index (χ1) is 11.3. The minimum Gasteiger partial charge on any atom is -0.459 e. The maximum Gasteiger partial charge on any atom is 0.289 e. The Balaban J connectivity index is 1.48. The van der Waals surface area contributed by atoms with E-state index in [2.05, 4.69) is 15.2 Å². The topological polar surface area (TPSA) is 70.3 Å². The molecule has 0 bridgehead atoms. The molecule has 23 heavy (non-hydrogen) atoms. The molecule has 1 atom stereocenters. The summed E-state index contributed by atoms with van der Waals surface area (Å²) in [6.45, 7) is 5.46. The maximum atomic E-state index is 12.3. The number of amides is 1. The van der Waals surface area contributed by atoms with Gasteiger partial charge in [0.1, 0.15) is 0 Å². The molecule has 1 aromatic rings. The molecule has 3 rings (SSSR count). The zero-order valence-corrected chi connectivity index (χ0v) is 13.5. The Hall–Kier alpha value is -2.02. The van der Waals surface area contributed by atoms with Crippen molar-refractivity contribution in [2.45, 2.75) is 6.42 Å². The Kier molecular flexibility index (Phi) is 5.17. The summed E-state index contributed by atoms with van der Waals surface area (Å²) in [6, 6.07) is 3.45. The first-order valence-corrected chi connectivity index (χ1v) is 8.14. The lowest BCUT2D eigenvalue weighted by atomic mass is 10.1. The number of carbonyl (C=O) groups is 1. The van der Waals surface area contributed by atoms with Gasteiger partial charge in [0.05, 0.1) is 12.9 Å². The van der Waals surface area contributed by atoms with Gasteiger partial charge < -0.3 is 24.3 Å². The third kappa shape index (κ3) is 3.85. The van der Waals surface area contributed by atoms with Crippen LogP contribution in [0.15, 0.2) is 27.8 Å². The van der Waals surface area contributed by atoms with Gasteiger partial charge in [-0.1, -0.05) is 0 Å². The molecule has 126 valence electrons. The second-order valence-corrected chi connectivity index (χ2v) is 5.91. The van der Waals surface area contributed by atoms with Gasteiger partial charge in [0, 0.05) is 52.3 Å². The molecule has 0 aromatic carbocycles. The van der Waals surface area contributed by atoms with Crippen LogP contribution < -0.4 is 5.32 Å². The van der Waals surface area contributed by atoms with Crippen molar-refractivity contribution in [3.8, 4) is 0 Å². The van der Waals surface area contributed by atoms with Crippen molar-refractivity contribution in [1.82, 2.24) is 15.1 Å². The SMILES string of the molecule is CN=C(NCC1CCOC1)N1CCN(C(=O)c2ccco2)CC1. The molecule has 0 spiro atoms. The summed E-state index contributed by atoms with van der Waals surface area (Å²) in [5.74, 6) is 1.83. The number of hydrogen-bond acceptors (Lipinski definition) is 4. The largest absolute Gasteiger partial charge is 0.459 e. The average Bonchev–Trinajstić information content (AvgIpc) is 3.29. The number of aliphatic imine (C=N–C) groups is 1. The van der Waals surface area contributed by atoms with Crippen LogP contribution in [0.4, 0.5) is 0 Å². The third-order valence-electron chi connectivity index (χ3n) is 4.38. The van der Waals surface area contributed by atoms with Gasteiger partial charge >= 0.3 is 0 Å². The number of nitrogens with zero attached hydrogens (tertiary/aromatic N) is 3. The summed E-state index contributed by atoms with van der Waals surface area (Å²) in [6.07, 6.45) is 2.64. The number of ether oxygens (including phenoxy) is 1. The Morgan fingerprint density at radius 3 is 2.74 bits per heavy atom. The fourth-order valence-electron chi connectivity index (χ4n) is 2.99. The predicted molar refractivity (Wildman–Crippen MR) is 86.5 cm³/mol. The van der Waals surface area contributed by atoms with Crippen molar-refractivity contribution in [2.24, 2.45) is 10.9 Å². The van der Waals surface area contributed by atoms with E-state index in [1.54, 1.807) is 19.2 Å². The van der Waals surface area contributed by atoms with E-state index in [0.717, 1.165) is 45.2 Å². The summed E-state index contributed by atoms with van der Waals surface area (Å²) in [4.78, 5) is 20.6. The number of carbonyl (C=O) groups excluding carboxylic acids is 1. The van der Waals surface area contributed by atoms with Crippen LogP contribution in [0.3, 0.4) is 0 Å². The Bertz CT molecular complexity index is 530. The van der Waals surface area contributed by atoms with Crippen molar-refractivity contribution < 1.29 is 13.9 Å². The fraction of sp³-hybridized carbons (Fsp3) is 0.625. The molecule has 2 fully saturated rings. The molecule has 0 saturated carbocycles. The molecule has 0 aliphatic carbocycles. The van der Waals surface area contributed by atoms with Crippen LogP contribution in [0.2, 0.25) is 0 Å². The van der Waals surface area contributed by atoms with E-state index in [0.29, 0.717) is 24.8 Å². The van der Waals surface area contributed by atoms with E-state index in [4.69, 9.17) is 9.15 Å². The highest BCUT2D eigenvalue weighted by atomic mass is 16.5. The van der Waals surface area contributed by atoms with Gasteiger partial charge in [-0.3, -0.25) is 9.79 Å². The normalized spacial score (nSPS) is 22.5. The lowest BCUT2D eigenvalue weighted by Gasteiger charge is -2.36. The number of furan rings is 1. The molecule has 1 aromatic heterocycles. The molecule has 2 saturated heterocycles. The van der Waals surface area contributed by atoms with Gasteiger partial charge in [0.2, 0.25) is 0 Å². The maximum absolute atomic E-state index is 12.3. The lowest BCUT2D eigenvalue weighted by Crippen LogP contribution is -2.54. The Labute approximate surface area is 136 Å². The smallest absolute Gasteiger partial charge is 0.289 e. The van der Waals surface area contributed by atoms with E-state index < -0.39 is 0 Å². The van der Waals surface area contributed by atoms with E-state index in [1.165, 1.54) is 6.26 Å². The number of hydrogen-bond donors (Lipinski definition) is 1. The molecule has 1 unspecified atom stereocenters. The number of nitrogens with one attached hydrogen (secondary N) is 1. The van der Waals surface area contributed by atoms with Crippen LogP contribution in [0.25, 0.3) is 0 Å². The second kappa shape index (κ2) is 7.50. The average molecular weight is 320 g/mol. The van der Waals surface area contributed by atoms with E-state index in [-0.39, 0.29) is 5.91 Å². The molecule has 1 amide bonds. The standard InChI is InChI=1S/C16H24N4O3/c1-17-16(18-11-13-4-10-22-12-13)20-7-5-19(6-8-20)15(21)14-3-2-9-23-14/h2-3,9,13H,4-8,10-12H2,1H3,(H,17,18). The highest BCUT2D eigenvalue weighted by Crippen LogP contribution is 2.12. The van der Waals surface area contributed by atoms with Gasteiger partial charge in [-0.25, -0.2) is 0 Å². The minimum absolute atomic E-state index is 0.0410. The first-order valence-electron chi connectivity index (χ1n) is 8.14. The van der Waals surface area contributed by atoms with Gasteiger partial charge in [-0.05, 0) is 18.6 Å². The predicted octanol–water partition coefficient (Wildman–Crippen LogP) is 0.649. The van der Waals surface area contributed by atoms with E-state index in [1.807, 2.05) is 4.90 Å². The molecular weight excluding hydrogens is 296 g/mol. The van der Waals surface area contributed by atoms with Gasteiger partial charge in [0.15, 0.2) is 11.7 Å². The summed E-state index contributed by atoms with van der Waals surface area (Å²) in [5, 5.41) is 3.43. The third-order valence-corrected chi connectivity index (χ3v) is 4.38. The van der Waals surface area contributed by atoms with Crippen molar-refractivity contribution in [3.05, 3.63) is 24.2 Å². The van der Waals surface area contributed by atoms with Crippen LogP contribution >= 0.6 is 0 Å². The van der Waals surface area contributed by atoms with Crippen molar-refractivity contribution in [1.29, 1.82) is 0 Å². The molecule has 7 nitrogen and oxygen atoms in total. The van der Waals surface area contributed by atoms with E-state index in [9.17, 15) is 4.79 Å². The highest BCUT2D eigenvalue weighted by Gasteiger charge is 2.25. The minimum atomic E-state index is -0.0410. The Morgan fingerprint density at radius 1 is 1.35 bits per heavy atom. The first kappa shape index (κ1) is 15.9. The second-order valence-electron chi connectivity index (χ2n) is 5.91. The van der Waals surface area contributed by atoms with Gasteiger partial charge in [-0.2, -0.15) is 0 Å². The molecule has 2 aliphatic rings. The molecule has 7 heteroatoms. The van der Waals surface area contributed by atoms with Crippen molar-refractivity contribution >= 4 is 11.9 Å². The molecule has 3 heterocycles. The summed E-state index contributed by atoms with van der Waals surface area (Å²) in [7, 11) is 1.80. The Morgan fingerprint density at radius 2 is 2.13 bits per heavy atom. The van der Waals surface area contributed by atoms with Crippen LogP contribution in [0.5, 0.6) is 0 Å². The van der Waals surface area contributed by atoms with Crippen LogP contribution in [0.1, 0.15) is 17.0 Å². The lowest BCUT2D eigenvalue weighted by molar-refractivity contribution is 0.0657. The zero-order chi connectivity index (χ0) is 16.1. The van der Waals surface area contributed by atoms with Gasteiger partial charge in [0.25, 0.3) is 5.91 Å². The molecular formula is C16H24N4O3. The van der Waals surface area contributed by atoms with Crippen LogP contribution in [-0.2, 0) is 4.74 Å². The monoisotopic (exact) mass is 320 g/mol.